The number of aromatic nitrogens is 1. The molecule has 0 unspecified atom stereocenters. The second-order valence-electron chi connectivity index (χ2n) is 8.53. The summed E-state index contributed by atoms with van der Waals surface area (Å²) in [5.74, 6) is 0. The number of unbranched alkanes of at least 4 members (excludes halogenated alkanes) is 5. The normalized spacial score (nSPS) is 10.6. The Balaban J connectivity index is 0.00000306. The third-order valence-corrected chi connectivity index (χ3v) is 6.15. The van der Waals surface area contributed by atoms with E-state index in [9.17, 15) is 0 Å². The number of halogens is 1. The maximum absolute atomic E-state index is 2.54. The molecule has 0 bridgehead atoms. The Morgan fingerprint density at radius 1 is 0.485 bits per heavy atom. The van der Waals surface area contributed by atoms with Crippen molar-refractivity contribution >= 4 is 0 Å². The maximum Gasteiger partial charge on any atom is 0.213 e. The van der Waals surface area contributed by atoms with E-state index < -0.39 is 0 Å². The van der Waals surface area contributed by atoms with Gasteiger partial charge in [0.25, 0.3) is 0 Å². The Hall–Kier alpha value is -2.90. The van der Waals surface area contributed by atoms with E-state index in [1.165, 1.54) is 72.2 Å². The largest absolute Gasteiger partial charge is 1.00 e. The van der Waals surface area contributed by atoms with Crippen molar-refractivity contribution in [2.45, 2.75) is 52.0 Å². The summed E-state index contributed by atoms with van der Waals surface area (Å²) in [7, 11) is 0. The van der Waals surface area contributed by atoms with Gasteiger partial charge in [-0.3, -0.25) is 0 Å². The fraction of sp³-hybridized carbons (Fsp3) is 0.258. The van der Waals surface area contributed by atoms with Crippen LogP contribution in [0.4, 0.5) is 0 Å². The number of hydrogen-bond acceptors (Lipinski definition) is 0. The summed E-state index contributed by atoms with van der Waals surface area (Å²) in [6.45, 7) is 3.32. The fourth-order valence-corrected chi connectivity index (χ4v) is 4.41. The Bertz CT molecular complexity index is 1030. The lowest BCUT2D eigenvalue weighted by Crippen LogP contribution is -3.00. The molecule has 0 amide bonds. The van der Waals surface area contributed by atoms with E-state index >= 15 is 0 Å². The van der Waals surface area contributed by atoms with Crippen LogP contribution in [0.2, 0.25) is 0 Å². The molecule has 33 heavy (non-hydrogen) atoms. The molecule has 0 fully saturated rings. The van der Waals surface area contributed by atoms with Gasteiger partial charge in [0.15, 0.2) is 0 Å². The molecule has 170 valence electrons. The Labute approximate surface area is 205 Å². The van der Waals surface area contributed by atoms with Crippen molar-refractivity contribution in [2.24, 2.45) is 0 Å². The van der Waals surface area contributed by atoms with Crippen LogP contribution in [0.5, 0.6) is 0 Å². The molecule has 1 aromatic heterocycles. The first kappa shape index (κ1) is 24.7. The van der Waals surface area contributed by atoms with Crippen LogP contribution in [0.1, 0.15) is 45.4 Å². The highest BCUT2D eigenvalue weighted by molar-refractivity contribution is 5.73. The molecule has 0 saturated carbocycles. The molecule has 0 radical (unpaired) electrons. The molecule has 1 heterocycles. The quantitative estimate of drug-likeness (QED) is 0.224. The number of benzene rings is 3. The Morgan fingerprint density at radius 2 is 0.909 bits per heavy atom. The van der Waals surface area contributed by atoms with Gasteiger partial charge in [-0.05, 0) is 41.8 Å². The topological polar surface area (TPSA) is 3.88 Å². The molecule has 4 aromatic rings. The highest BCUT2D eigenvalue weighted by Crippen LogP contribution is 2.29. The van der Waals surface area contributed by atoms with E-state index in [2.05, 4.69) is 115 Å². The number of hydrogen-bond donors (Lipinski definition) is 0. The molecule has 0 spiro atoms. The third-order valence-electron chi connectivity index (χ3n) is 6.15. The SMILES string of the molecule is CCCCCCCC[n+]1c(-c2ccccc2)cc(-c2ccccc2)cc1-c1ccccc1.[Cl-]. The Morgan fingerprint density at radius 3 is 1.39 bits per heavy atom. The summed E-state index contributed by atoms with van der Waals surface area (Å²) >= 11 is 0. The van der Waals surface area contributed by atoms with Crippen molar-refractivity contribution in [2.75, 3.05) is 0 Å². The van der Waals surface area contributed by atoms with Gasteiger partial charge >= 0.3 is 0 Å². The van der Waals surface area contributed by atoms with Crippen LogP contribution >= 0.6 is 0 Å². The molecule has 1 nitrogen and oxygen atoms in total. The van der Waals surface area contributed by atoms with Gasteiger partial charge in [0, 0.05) is 29.7 Å². The van der Waals surface area contributed by atoms with Crippen LogP contribution in [0, 0.1) is 0 Å². The van der Waals surface area contributed by atoms with Crippen molar-refractivity contribution < 1.29 is 17.0 Å². The maximum atomic E-state index is 2.54. The van der Waals surface area contributed by atoms with Crippen LogP contribution in [-0.4, -0.2) is 0 Å². The fourth-order valence-electron chi connectivity index (χ4n) is 4.41. The van der Waals surface area contributed by atoms with Gasteiger partial charge in [-0.15, -0.1) is 0 Å². The van der Waals surface area contributed by atoms with E-state index in [1.807, 2.05) is 0 Å². The van der Waals surface area contributed by atoms with Crippen molar-refractivity contribution in [1.29, 1.82) is 0 Å². The number of nitrogens with zero attached hydrogens (tertiary/aromatic N) is 1. The molecule has 0 aliphatic rings. The van der Waals surface area contributed by atoms with Crippen molar-refractivity contribution in [3.8, 4) is 33.6 Å². The zero-order valence-electron chi connectivity index (χ0n) is 19.6. The van der Waals surface area contributed by atoms with Crippen LogP contribution in [0.15, 0.2) is 103 Å². The number of rotatable bonds is 10. The van der Waals surface area contributed by atoms with E-state index in [-0.39, 0.29) is 12.4 Å². The second kappa shape index (κ2) is 13.0. The lowest BCUT2D eigenvalue weighted by molar-refractivity contribution is -0.675. The highest BCUT2D eigenvalue weighted by Gasteiger charge is 2.22. The van der Waals surface area contributed by atoms with Crippen molar-refractivity contribution in [3.63, 3.8) is 0 Å². The first-order valence-electron chi connectivity index (χ1n) is 12.1. The molecule has 2 heteroatoms. The minimum Gasteiger partial charge on any atom is -1.00 e. The van der Waals surface area contributed by atoms with Gasteiger partial charge in [0.1, 0.15) is 6.54 Å². The summed E-state index contributed by atoms with van der Waals surface area (Å²) in [5, 5.41) is 0. The van der Waals surface area contributed by atoms with Crippen LogP contribution < -0.4 is 17.0 Å². The zero-order valence-corrected chi connectivity index (χ0v) is 20.3. The molecule has 0 aliphatic heterocycles. The van der Waals surface area contributed by atoms with E-state index in [0.29, 0.717) is 0 Å². The van der Waals surface area contributed by atoms with Gasteiger partial charge < -0.3 is 12.4 Å². The zero-order chi connectivity index (χ0) is 22.0. The van der Waals surface area contributed by atoms with Gasteiger partial charge in [-0.1, -0.05) is 99.3 Å². The lowest BCUT2D eigenvalue weighted by Gasteiger charge is -2.13. The standard InChI is InChI=1S/C31H34N.ClH/c1-2-3-4-5-6-16-23-32-30(27-19-12-8-13-20-27)24-29(26-17-10-7-11-18-26)25-31(32)28-21-14-9-15-22-28;/h7-15,17-22,24-25H,2-6,16,23H2,1H3;1H/q+1;/p-1. The first-order valence-corrected chi connectivity index (χ1v) is 12.1. The first-order chi connectivity index (χ1) is 15.9. The summed E-state index contributed by atoms with van der Waals surface area (Å²) in [5.41, 5.74) is 7.65. The minimum atomic E-state index is 0. The van der Waals surface area contributed by atoms with Crippen molar-refractivity contribution in [1.82, 2.24) is 0 Å². The van der Waals surface area contributed by atoms with Gasteiger partial charge in [0.05, 0.1) is 0 Å². The summed E-state index contributed by atoms with van der Waals surface area (Å²) in [6, 6.07) is 37.2. The van der Waals surface area contributed by atoms with E-state index in [1.54, 1.807) is 0 Å². The molecule has 0 atom stereocenters. The van der Waals surface area contributed by atoms with Gasteiger partial charge in [-0.25, -0.2) is 0 Å². The minimum absolute atomic E-state index is 0. The van der Waals surface area contributed by atoms with Crippen LogP contribution in [0.3, 0.4) is 0 Å². The predicted molar refractivity (Wildman–Crippen MR) is 136 cm³/mol. The summed E-state index contributed by atoms with van der Waals surface area (Å²) in [4.78, 5) is 0. The molecule has 3 aromatic carbocycles. The lowest BCUT2D eigenvalue weighted by atomic mass is 9.98. The molecular weight excluding hydrogens is 422 g/mol. The average molecular weight is 456 g/mol. The van der Waals surface area contributed by atoms with E-state index in [4.69, 9.17) is 0 Å². The van der Waals surface area contributed by atoms with Crippen molar-refractivity contribution in [3.05, 3.63) is 103 Å². The summed E-state index contributed by atoms with van der Waals surface area (Å²) in [6.07, 6.45) is 7.83. The second-order valence-corrected chi connectivity index (χ2v) is 8.53. The predicted octanol–water partition coefficient (Wildman–Crippen LogP) is 5.34. The molecule has 4 rings (SSSR count). The highest BCUT2D eigenvalue weighted by atomic mass is 35.5. The molecule has 0 saturated heterocycles. The smallest absolute Gasteiger partial charge is 0.213 e. The summed E-state index contributed by atoms with van der Waals surface area (Å²) < 4.78 is 2.54. The monoisotopic (exact) mass is 455 g/mol. The van der Waals surface area contributed by atoms with E-state index in [0.717, 1.165) is 6.54 Å². The van der Waals surface area contributed by atoms with Gasteiger partial charge in [-0.2, -0.15) is 4.57 Å². The average Bonchev–Trinajstić information content (AvgIpc) is 2.87. The molecular formula is C31H34ClN. The third kappa shape index (κ3) is 6.55. The van der Waals surface area contributed by atoms with Crippen LogP contribution in [0.25, 0.3) is 33.6 Å². The molecule has 0 N–H and O–H groups in total. The number of pyridine rings is 1. The van der Waals surface area contributed by atoms with Crippen LogP contribution in [-0.2, 0) is 6.54 Å². The van der Waals surface area contributed by atoms with Gasteiger partial charge in [0.2, 0.25) is 11.4 Å². The Kier molecular flexibility index (Phi) is 9.72. The molecule has 0 aliphatic carbocycles.